The third-order valence-corrected chi connectivity index (χ3v) is 3.49. The summed E-state index contributed by atoms with van der Waals surface area (Å²) in [7, 11) is 0. The van der Waals surface area contributed by atoms with Crippen LogP contribution in [0.2, 0.25) is 0 Å². The molecule has 23 heavy (non-hydrogen) atoms. The van der Waals surface area contributed by atoms with Crippen LogP contribution < -0.4 is 11.1 Å². The lowest BCUT2D eigenvalue weighted by atomic mass is 10.2. The predicted molar refractivity (Wildman–Crippen MR) is 107 cm³/mol. The summed E-state index contributed by atoms with van der Waals surface area (Å²) in [4.78, 5) is 4.43. The Bertz CT molecular complexity index is 648. The Morgan fingerprint density at radius 3 is 2.70 bits per heavy atom. The number of hydrogen-bond donors (Lipinski definition) is 2. The number of rotatable bonds is 6. The highest BCUT2D eigenvalue weighted by Gasteiger charge is 2.08. The maximum atomic E-state index is 5.90. The standard InChI is InChI=1S/C17H25N5.HI/c1-4-5-10-19-17(18)20-12-15-8-6-7-9-16(15)22-14(3)11-13(2)21-22;/h6-9,11H,4-5,10,12H2,1-3H3,(H3,18,19,20);1H. The number of benzene rings is 1. The van der Waals surface area contributed by atoms with Crippen LogP contribution in [-0.4, -0.2) is 22.3 Å². The van der Waals surface area contributed by atoms with Crippen LogP contribution in [0, 0.1) is 13.8 Å². The van der Waals surface area contributed by atoms with E-state index in [1.54, 1.807) is 0 Å². The molecule has 1 aromatic heterocycles. The quantitative estimate of drug-likeness (QED) is 0.322. The number of guanidine groups is 1. The minimum absolute atomic E-state index is 0. The maximum absolute atomic E-state index is 5.90. The monoisotopic (exact) mass is 427 g/mol. The van der Waals surface area contributed by atoms with E-state index < -0.39 is 0 Å². The van der Waals surface area contributed by atoms with Crippen molar-refractivity contribution in [3.8, 4) is 5.69 Å². The summed E-state index contributed by atoms with van der Waals surface area (Å²) in [5, 5.41) is 7.68. The number of aromatic nitrogens is 2. The van der Waals surface area contributed by atoms with E-state index in [0.29, 0.717) is 12.5 Å². The van der Waals surface area contributed by atoms with Crippen molar-refractivity contribution in [2.45, 2.75) is 40.2 Å². The van der Waals surface area contributed by atoms with Gasteiger partial charge in [0.1, 0.15) is 0 Å². The van der Waals surface area contributed by atoms with E-state index in [9.17, 15) is 0 Å². The molecule has 1 heterocycles. The highest BCUT2D eigenvalue weighted by molar-refractivity contribution is 14.0. The van der Waals surface area contributed by atoms with E-state index in [2.05, 4.69) is 47.5 Å². The van der Waals surface area contributed by atoms with Crippen molar-refractivity contribution in [1.29, 1.82) is 0 Å². The lowest BCUT2D eigenvalue weighted by molar-refractivity contribution is 0.747. The van der Waals surface area contributed by atoms with Crippen LogP contribution in [0.15, 0.2) is 35.3 Å². The number of unbranched alkanes of at least 4 members (excludes halogenated alkanes) is 1. The molecule has 0 unspecified atom stereocenters. The van der Waals surface area contributed by atoms with Gasteiger partial charge in [-0.05, 0) is 38.0 Å². The van der Waals surface area contributed by atoms with Gasteiger partial charge in [-0.25, -0.2) is 9.67 Å². The van der Waals surface area contributed by atoms with Crippen LogP contribution in [-0.2, 0) is 6.54 Å². The number of para-hydroxylation sites is 1. The lowest BCUT2D eigenvalue weighted by Gasteiger charge is -2.10. The second-order valence-electron chi connectivity index (χ2n) is 5.45. The number of nitrogens with two attached hydrogens (primary N) is 1. The lowest BCUT2D eigenvalue weighted by Crippen LogP contribution is -2.32. The van der Waals surface area contributed by atoms with Gasteiger partial charge in [-0.2, -0.15) is 5.10 Å². The molecule has 2 rings (SSSR count). The molecule has 0 aliphatic carbocycles. The molecule has 3 N–H and O–H groups in total. The summed E-state index contributed by atoms with van der Waals surface area (Å²) in [6.45, 7) is 7.62. The van der Waals surface area contributed by atoms with Crippen molar-refractivity contribution in [2.24, 2.45) is 10.7 Å². The van der Waals surface area contributed by atoms with Gasteiger partial charge in [-0.1, -0.05) is 31.5 Å². The average molecular weight is 427 g/mol. The van der Waals surface area contributed by atoms with Crippen LogP contribution in [0.5, 0.6) is 0 Å². The van der Waals surface area contributed by atoms with Crippen molar-refractivity contribution >= 4 is 29.9 Å². The van der Waals surface area contributed by atoms with Crippen molar-refractivity contribution in [2.75, 3.05) is 6.54 Å². The summed E-state index contributed by atoms with van der Waals surface area (Å²) < 4.78 is 1.96. The molecule has 5 nitrogen and oxygen atoms in total. The van der Waals surface area contributed by atoms with Gasteiger partial charge in [-0.15, -0.1) is 24.0 Å². The third kappa shape index (κ3) is 5.53. The Labute approximate surface area is 155 Å². The zero-order chi connectivity index (χ0) is 15.9. The molecule has 6 heteroatoms. The summed E-state index contributed by atoms with van der Waals surface area (Å²) >= 11 is 0. The molecule has 0 fully saturated rings. The molecule has 1 aromatic carbocycles. The molecule has 0 aliphatic rings. The maximum Gasteiger partial charge on any atom is 0.188 e. The summed E-state index contributed by atoms with van der Waals surface area (Å²) in [5.41, 5.74) is 10.2. The molecule has 0 atom stereocenters. The highest BCUT2D eigenvalue weighted by Crippen LogP contribution is 2.17. The molecule has 0 bridgehead atoms. The topological polar surface area (TPSA) is 68.2 Å². The van der Waals surface area contributed by atoms with Gasteiger partial charge in [0.2, 0.25) is 0 Å². The zero-order valence-corrected chi connectivity index (χ0v) is 16.4. The van der Waals surface area contributed by atoms with E-state index in [1.807, 2.05) is 23.7 Å². The number of hydrogen-bond acceptors (Lipinski definition) is 2. The Kier molecular flexibility index (Phi) is 8.08. The molecule has 0 saturated heterocycles. The molecule has 0 saturated carbocycles. The fourth-order valence-corrected chi connectivity index (χ4v) is 2.34. The molecule has 0 aliphatic heterocycles. The predicted octanol–water partition coefficient (Wildman–Crippen LogP) is 3.31. The first-order chi connectivity index (χ1) is 10.6. The highest BCUT2D eigenvalue weighted by atomic mass is 127. The Hall–Kier alpha value is -1.57. The normalized spacial score (nSPS) is 11.2. The number of nitrogens with zero attached hydrogens (tertiary/aromatic N) is 3. The van der Waals surface area contributed by atoms with Gasteiger partial charge < -0.3 is 11.1 Å². The van der Waals surface area contributed by atoms with Crippen LogP contribution >= 0.6 is 24.0 Å². The van der Waals surface area contributed by atoms with E-state index in [4.69, 9.17) is 5.73 Å². The average Bonchev–Trinajstić information content (AvgIpc) is 2.84. The summed E-state index contributed by atoms with van der Waals surface area (Å²) in [6, 6.07) is 10.2. The third-order valence-electron chi connectivity index (χ3n) is 3.49. The summed E-state index contributed by atoms with van der Waals surface area (Å²) in [5.74, 6) is 0.497. The Morgan fingerprint density at radius 2 is 2.04 bits per heavy atom. The molecule has 0 spiro atoms. The second kappa shape index (κ2) is 9.54. The van der Waals surface area contributed by atoms with Gasteiger partial charge in [0, 0.05) is 12.2 Å². The molecular formula is C17H26IN5. The van der Waals surface area contributed by atoms with E-state index >= 15 is 0 Å². The van der Waals surface area contributed by atoms with Crippen LogP contribution in [0.25, 0.3) is 5.69 Å². The number of aryl methyl sites for hydroxylation is 2. The first-order valence-electron chi connectivity index (χ1n) is 7.77. The van der Waals surface area contributed by atoms with Gasteiger partial charge in [0.05, 0.1) is 17.9 Å². The fraction of sp³-hybridized carbons (Fsp3) is 0.412. The molecule has 2 aromatic rings. The summed E-state index contributed by atoms with van der Waals surface area (Å²) in [6.07, 6.45) is 2.24. The van der Waals surface area contributed by atoms with Crippen LogP contribution in [0.1, 0.15) is 36.7 Å². The number of nitrogens with one attached hydrogen (secondary N) is 1. The largest absolute Gasteiger partial charge is 0.370 e. The Morgan fingerprint density at radius 1 is 1.30 bits per heavy atom. The fourth-order valence-electron chi connectivity index (χ4n) is 2.34. The van der Waals surface area contributed by atoms with E-state index in [-0.39, 0.29) is 24.0 Å². The van der Waals surface area contributed by atoms with Gasteiger partial charge >= 0.3 is 0 Å². The Balaban J connectivity index is 0.00000264. The first kappa shape index (κ1) is 19.5. The zero-order valence-electron chi connectivity index (χ0n) is 14.0. The van der Waals surface area contributed by atoms with E-state index in [1.165, 1.54) is 0 Å². The van der Waals surface area contributed by atoms with E-state index in [0.717, 1.165) is 42.0 Å². The number of halogens is 1. The molecule has 0 amide bonds. The molecular weight excluding hydrogens is 401 g/mol. The van der Waals surface area contributed by atoms with Gasteiger partial charge in [0.25, 0.3) is 0 Å². The molecule has 0 radical (unpaired) electrons. The van der Waals surface area contributed by atoms with Crippen molar-refractivity contribution in [3.63, 3.8) is 0 Å². The van der Waals surface area contributed by atoms with Crippen molar-refractivity contribution < 1.29 is 0 Å². The molecule has 126 valence electrons. The SMILES string of the molecule is CCCCNC(N)=NCc1ccccc1-n1nc(C)cc1C.I. The second-order valence-corrected chi connectivity index (χ2v) is 5.45. The number of aliphatic imine (C=N–C) groups is 1. The van der Waals surface area contributed by atoms with Gasteiger partial charge in [0.15, 0.2) is 5.96 Å². The minimum atomic E-state index is 0. The minimum Gasteiger partial charge on any atom is -0.370 e. The smallest absolute Gasteiger partial charge is 0.188 e. The van der Waals surface area contributed by atoms with Gasteiger partial charge in [-0.3, -0.25) is 0 Å². The van der Waals surface area contributed by atoms with Crippen LogP contribution in [0.3, 0.4) is 0 Å². The van der Waals surface area contributed by atoms with Crippen LogP contribution in [0.4, 0.5) is 0 Å². The first-order valence-corrected chi connectivity index (χ1v) is 7.77. The van der Waals surface area contributed by atoms with Crippen molar-refractivity contribution in [1.82, 2.24) is 15.1 Å². The van der Waals surface area contributed by atoms with Crippen molar-refractivity contribution in [3.05, 3.63) is 47.3 Å².